The highest BCUT2D eigenvalue weighted by molar-refractivity contribution is 9.10. The first-order chi connectivity index (χ1) is 9.08. The number of hydrogen-bond donors (Lipinski definition) is 1. The van der Waals surface area contributed by atoms with Crippen molar-refractivity contribution >= 4 is 21.6 Å². The molecule has 98 valence electrons. The quantitative estimate of drug-likeness (QED) is 0.691. The molecular formula is C14H13BrN2O2. The molecule has 1 atom stereocenters. The summed E-state index contributed by atoms with van der Waals surface area (Å²) in [7, 11) is 0. The van der Waals surface area contributed by atoms with Gasteiger partial charge < -0.3 is 5.73 Å². The number of hydrogen-bond acceptors (Lipinski definition) is 3. The van der Waals surface area contributed by atoms with E-state index in [1.807, 2.05) is 24.3 Å². The van der Waals surface area contributed by atoms with Crippen molar-refractivity contribution in [2.45, 2.75) is 12.5 Å². The van der Waals surface area contributed by atoms with Gasteiger partial charge in [-0.15, -0.1) is 0 Å². The van der Waals surface area contributed by atoms with Crippen LogP contribution in [0.3, 0.4) is 0 Å². The SMILES string of the molecule is NC(Cc1ccc([N+](=O)[O-])cc1)c1ccccc1Br. The molecule has 5 heteroatoms. The Balaban J connectivity index is 2.13. The number of nitro benzene ring substituents is 1. The van der Waals surface area contributed by atoms with Crippen LogP contribution in [-0.4, -0.2) is 4.92 Å². The summed E-state index contributed by atoms with van der Waals surface area (Å²) in [5.74, 6) is 0. The zero-order valence-corrected chi connectivity index (χ0v) is 11.7. The van der Waals surface area contributed by atoms with E-state index < -0.39 is 4.92 Å². The summed E-state index contributed by atoms with van der Waals surface area (Å²) in [5, 5.41) is 10.6. The van der Waals surface area contributed by atoms with Gasteiger partial charge in [-0.25, -0.2) is 0 Å². The van der Waals surface area contributed by atoms with Crippen molar-refractivity contribution in [1.82, 2.24) is 0 Å². The summed E-state index contributed by atoms with van der Waals surface area (Å²) in [6, 6.07) is 14.2. The number of non-ortho nitro benzene ring substituents is 1. The van der Waals surface area contributed by atoms with Crippen molar-refractivity contribution < 1.29 is 4.92 Å². The molecular weight excluding hydrogens is 308 g/mol. The summed E-state index contributed by atoms with van der Waals surface area (Å²) >= 11 is 3.47. The predicted octanol–water partition coefficient (Wildman–Crippen LogP) is 3.60. The Labute approximate surface area is 119 Å². The van der Waals surface area contributed by atoms with Gasteiger partial charge in [0.25, 0.3) is 5.69 Å². The molecule has 0 amide bonds. The summed E-state index contributed by atoms with van der Waals surface area (Å²) in [6.45, 7) is 0. The van der Waals surface area contributed by atoms with Gasteiger partial charge >= 0.3 is 0 Å². The molecule has 0 radical (unpaired) electrons. The van der Waals surface area contributed by atoms with Gasteiger partial charge in [-0.1, -0.05) is 46.3 Å². The zero-order chi connectivity index (χ0) is 13.8. The van der Waals surface area contributed by atoms with Crippen molar-refractivity contribution in [2.75, 3.05) is 0 Å². The average molecular weight is 321 g/mol. The highest BCUT2D eigenvalue weighted by Gasteiger charge is 2.11. The molecule has 0 bridgehead atoms. The van der Waals surface area contributed by atoms with Crippen molar-refractivity contribution in [1.29, 1.82) is 0 Å². The highest BCUT2D eigenvalue weighted by Crippen LogP contribution is 2.24. The topological polar surface area (TPSA) is 69.2 Å². The van der Waals surface area contributed by atoms with Gasteiger partial charge in [0.05, 0.1) is 4.92 Å². The van der Waals surface area contributed by atoms with E-state index in [0.29, 0.717) is 6.42 Å². The third-order valence-electron chi connectivity index (χ3n) is 2.91. The summed E-state index contributed by atoms with van der Waals surface area (Å²) < 4.78 is 0.976. The maximum atomic E-state index is 10.6. The van der Waals surface area contributed by atoms with E-state index in [1.165, 1.54) is 12.1 Å². The molecule has 2 aromatic rings. The van der Waals surface area contributed by atoms with Crippen LogP contribution < -0.4 is 5.73 Å². The fourth-order valence-electron chi connectivity index (χ4n) is 1.89. The van der Waals surface area contributed by atoms with E-state index in [-0.39, 0.29) is 11.7 Å². The number of nitrogens with two attached hydrogens (primary N) is 1. The Morgan fingerprint density at radius 1 is 1.16 bits per heavy atom. The van der Waals surface area contributed by atoms with Crippen LogP contribution in [0, 0.1) is 10.1 Å². The predicted molar refractivity (Wildman–Crippen MR) is 77.9 cm³/mol. The van der Waals surface area contributed by atoms with Crippen LogP contribution >= 0.6 is 15.9 Å². The molecule has 2 rings (SSSR count). The second kappa shape index (κ2) is 5.95. The molecule has 0 fully saturated rings. The molecule has 0 aromatic heterocycles. The van der Waals surface area contributed by atoms with E-state index in [9.17, 15) is 10.1 Å². The highest BCUT2D eigenvalue weighted by atomic mass is 79.9. The lowest BCUT2D eigenvalue weighted by molar-refractivity contribution is -0.384. The third-order valence-corrected chi connectivity index (χ3v) is 3.63. The zero-order valence-electron chi connectivity index (χ0n) is 10.1. The van der Waals surface area contributed by atoms with E-state index >= 15 is 0 Å². The van der Waals surface area contributed by atoms with Gasteiger partial charge in [-0.3, -0.25) is 10.1 Å². The molecule has 0 saturated heterocycles. The van der Waals surface area contributed by atoms with E-state index in [0.717, 1.165) is 15.6 Å². The largest absolute Gasteiger partial charge is 0.324 e. The summed E-state index contributed by atoms with van der Waals surface area (Å²) in [4.78, 5) is 10.2. The van der Waals surface area contributed by atoms with Crippen LogP contribution in [0.25, 0.3) is 0 Å². The van der Waals surface area contributed by atoms with Crippen LogP contribution in [-0.2, 0) is 6.42 Å². The first-order valence-corrected chi connectivity index (χ1v) is 6.60. The van der Waals surface area contributed by atoms with Crippen LogP contribution in [0.5, 0.6) is 0 Å². The van der Waals surface area contributed by atoms with Crippen LogP contribution in [0.1, 0.15) is 17.2 Å². The Morgan fingerprint density at radius 3 is 2.37 bits per heavy atom. The molecule has 4 nitrogen and oxygen atoms in total. The fraction of sp³-hybridized carbons (Fsp3) is 0.143. The standard InChI is InChI=1S/C14H13BrN2O2/c15-13-4-2-1-3-12(13)14(16)9-10-5-7-11(8-6-10)17(18)19/h1-8,14H,9,16H2. The number of rotatable bonds is 4. The molecule has 2 aromatic carbocycles. The summed E-state index contributed by atoms with van der Waals surface area (Å²) in [6.07, 6.45) is 0.639. The normalized spacial score (nSPS) is 12.1. The van der Waals surface area contributed by atoms with Crippen LogP contribution in [0.2, 0.25) is 0 Å². The van der Waals surface area contributed by atoms with E-state index in [2.05, 4.69) is 15.9 Å². The fourth-order valence-corrected chi connectivity index (χ4v) is 2.47. The molecule has 0 aliphatic heterocycles. The van der Waals surface area contributed by atoms with Gasteiger partial charge in [0.2, 0.25) is 0 Å². The molecule has 0 aliphatic rings. The first kappa shape index (κ1) is 13.7. The minimum Gasteiger partial charge on any atom is -0.324 e. The molecule has 1 unspecified atom stereocenters. The van der Waals surface area contributed by atoms with Gasteiger partial charge in [-0.05, 0) is 23.6 Å². The molecule has 0 aliphatic carbocycles. The molecule has 0 heterocycles. The number of benzene rings is 2. The second-order valence-corrected chi connectivity index (χ2v) is 5.11. The number of nitro groups is 1. The lowest BCUT2D eigenvalue weighted by Crippen LogP contribution is -2.13. The average Bonchev–Trinajstić information content (AvgIpc) is 2.39. The minimum absolute atomic E-state index is 0.0956. The van der Waals surface area contributed by atoms with Crippen LogP contribution in [0.4, 0.5) is 5.69 Å². The molecule has 0 spiro atoms. The first-order valence-electron chi connectivity index (χ1n) is 5.81. The van der Waals surface area contributed by atoms with Crippen molar-refractivity contribution in [3.05, 3.63) is 74.2 Å². The Hall–Kier alpha value is -1.72. The molecule has 0 saturated carbocycles. The van der Waals surface area contributed by atoms with Crippen LogP contribution in [0.15, 0.2) is 53.0 Å². The van der Waals surface area contributed by atoms with Crippen molar-refractivity contribution in [2.24, 2.45) is 5.73 Å². The Kier molecular flexibility index (Phi) is 4.29. The Bertz CT molecular complexity index is 584. The van der Waals surface area contributed by atoms with E-state index in [4.69, 9.17) is 5.73 Å². The van der Waals surface area contributed by atoms with E-state index in [1.54, 1.807) is 12.1 Å². The van der Waals surface area contributed by atoms with Gasteiger partial charge in [0.1, 0.15) is 0 Å². The maximum absolute atomic E-state index is 10.6. The molecule has 2 N–H and O–H groups in total. The lowest BCUT2D eigenvalue weighted by atomic mass is 10.00. The van der Waals surface area contributed by atoms with Gasteiger partial charge in [0, 0.05) is 22.6 Å². The van der Waals surface area contributed by atoms with Crippen molar-refractivity contribution in [3.8, 4) is 0 Å². The maximum Gasteiger partial charge on any atom is 0.269 e. The second-order valence-electron chi connectivity index (χ2n) is 4.26. The van der Waals surface area contributed by atoms with Gasteiger partial charge in [0.15, 0.2) is 0 Å². The smallest absolute Gasteiger partial charge is 0.269 e. The van der Waals surface area contributed by atoms with Gasteiger partial charge in [-0.2, -0.15) is 0 Å². The summed E-state index contributed by atoms with van der Waals surface area (Å²) in [5.41, 5.74) is 8.27. The van der Waals surface area contributed by atoms with Crippen molar-refractivity contribution in [3.63, 3.8) is 0 Å². The number of halogens is 1. The lowest BCUT2D eigenvalue weighted by Gasteiger charge is -2.13. The third kappa shape index (κ3) is 3.39. The number of nitrogens with zero attached hydrogens (tertiary/aromatic N) is 1. The Morgan fingerprint density at radius 2 is 1.79 bits per heavy atom. The monoisotopic (exact) mass is 320 g/mol. The molecule has 19 heavy (non-hydrogen) atoms. The minimum atomic E-state index is -0.405.